The van der Waals surface area contributed by atoms with E-state index in [2.05, 4.69) is 12.2 Å². The van der Waals surface area contributed by atoms with Gasteiger partial charge in [-0.2, -0.15) is 0 Å². The van der Waals surface area contributed by atoms with Gasteiger partial charge in [-0.25, -0.2) is 9.59 Å². The van der Waals surface area contributed by atoms with Gasteiger partial charge in [0.2, 0.25) is 0 Å². The largest absolute Gasteiger partial charge is 0.480 e. The van der Waals surface area contributed by atoms with Crippen LogP contribution in [-0.2, 0) is 4.79 Å². The number of hydrogen-bond acceptors (Lipinski definition) is 2. The molecule has 20 heavy (non-hydrogen) atoms. The highest BCUT2D eigenvalue weighted by Crippen LogP contribution is 2.21. The summed E-state index contributed by atoms with van der Waals surface area (Å²) < 4.78 is 0. The first kappa shape index (κ1) is 16.8. The van der Waals surface area contributed by atoms with Crippen LogP contribution in [0.1, 0.15) is 58.8 Å². The molecule has 2 N–H and O–H groups in total. The minimum atomic E-state index is -0.945. The van der Waals surface area contributed by atoms with Gasteiger partial charge in [0.15, 0.2) is 0 Å². The van der Waals surface area contributed by atoms with Crippen LogP contribution in [-0.4, -0.2) is 41.1 Å². The maximum absolute atomic E-state index is 12.2. The van der Waals surface area contributed by atoms with Crippen molar-refractivity contribution in [1.82, 2.24) is 10.2 Å². The predicted octanol–water partition coefficient (Wildman–Crippen LogP) is 2.85. The summed E-state index contributed by atoms with van der Waals surface area (Å²) in [5, 5.41) is 11.7. The maximum Gasteiger partial charge on any atom is 0.326 e. The van der Waals surface area contributed by atoms with Gasteiger partial charge in [0, 0.05) is 13.1 Å². The van der Waals surface area contributed by atoms with E-state index in [1.54, 1.807) is 4.90 Å². The molecule has 1 aliphatic heterocycles. The topological polar surface area (TPSA) is 69.6 Å². The minimum absolute atomic E-state index is 0.219. The number of nitrogens with zero attached hydrogens (tertiary/aromatic N) is 1. The van der Waals surface area contributed by atoms with Crippen molar-refractivity contribution in [3.63, 3.8) is 0 Å². The van der Waals surface area contributed by atoms with Crippen LogP contribution in [0.2, 0.25) is 0 Å². The molecule has 1 aliphatic rings. The third-order valence-corrected chi connectivity index (χ3v) is 4.00. The number of hydrogen-bond donors (Lipinski definition) is 2. The van der Waals surface area contributed by atoms with Crippen molar-refractivity contribution in [1.29, 1.82) is 0 Å². The van der Waals surface area contributed by atoms with Crippen molar-refractivity contribution in [2.75, 3.05) is 13.1 Å². The van der Waals surface area contributed by atoms with Gasteiger partial charge in [-0.3, -0.25) is 0 Å². The lowest BCUT2D eigenvalue weighted by atomic mass is 9.96. The lowest BCUT2D eigenvalue weighted by Crippen LogP contribution is -2.48. The van der Waals surface area contributed by atoms with Crippen LogP contribution in [0.15, 0.2) is 0 Å². The molecule has 0 radical (unpaired) electrons. The third kappa shape index (κ3) is 5.39. The van der Waals surface area contributed by atoms with Gasteiger partial charge in [-0.15, -0.1) is 0 Å². The molecule has 0 aromatic rings. The molecular formula is C15H28N2O3. The van der Waals surface area contributed by atoms with E-state index in [1.165, 1.54) is 19.3 Å². The zero-order chi connectivity index (χ0) is 15.0. The molecular weight excluding hydrogens is 256 g/mol. The molecule has 1 fully saturated rings. The van der Waals surface area contributed by atoms with Gasteiger partial charge in [-0.05, 0) is 31.6 Å². The summed E-state index contributed by atoms with van der Waals surface area (Å²) in [6.45, 7) is 5.60. The molecule has 5 heteroatoms. The molecule has 1 rings (SSSR count). The zero-order valence-corrected chi connectivity index (χ0v) is 12.7. The smallest absolute Gasteiger partial charge is 0.326 e. The second-order valence-corrected chi connectivity index (χ2v) is 5.70. The molecule has 5 nitrogen and oxygen atoms in total. The summed E-state index contributed by atoms with van der Waals surface area (Å²) >= 11 is 0. The number of nitrogens with one attached hydrogen (secondary N) is 1. The number of carboxylic acids is 1. The van der Waals surface area contributed by atoms with Gasteiger partial charge in [0.25, 0.3) is 0 Å². The molecule has 1 unspecified atom stereocenters. The van der Waals surface area contributed by atoms with Crippen molar-refractivity contribution in [2.24, 2.45) is 5.92 Å². The number of carbonyl (C=O) groups is 2. The Morgan fingerprint density at radius 1 is 1.25 bits per heavy atom. The van der Waals surface area contributed by atoms with Crippen LogP contribution < -0.4 is 5.32 Å². The minimum Gasteiger partial charge on any atom is -0.480 e. The fourth-order valence-electron chi connectivity index (χ4n) is 2.85. The molecule has 0 aromatic carbocycles. The monoisotopic (exact) mass is 284 g/mol. The van der Waals surface area contributed by atoms with Crippen LogP contribution >= 0.6 is 0 Å². The first-order chi connectivity index (χ1) is 9.58. The fourth-order valence-corrected chi connectivity index (χ4v) is 2.85. The van der Waals surface area contributed by atoms with E-state index < -0.39 is 12.0 Å². The lowest BCUT2D eigenvalue weighted by molar-refractivity contribution is -0.139. The van der Waals surface area contributed by atoms with E-state index >= 15 is 0 Å². The SMILES string of the molecule is CCCC1CCCN(C(=O)N[C@H](CCC)C(=O)O)CC1. The highest BCUT2D eigenvalue weighted by molar-refractivity contribution is 5.82. The van der Waals surface area contributed by atoms with Crippen molar-refractivity contribution in [3.8, 4) is 0 Å². The normalized spacial score (nSPS) is 21.1. The molecule has 2 atom stereocenters. The summed E-state index contributed by atoms with van der Waals surface area (Å²) in [7, 11) is 0. The molecule has 0 aromatic heterocycles. The van der Waals surface area contributed by atoms with Crippen molar-refractivity contribution < 1.29 is 14.7 Å². The third-order valence-electron chi connectivity index (χ3n) is 4.00. The van der Waals surface area contributed by atoms with Gasteiger partial charge in [0.1, 0.15) is 6.04 Å². The van der Waals surface area contributed by atoms with E-state index in [1.807, 2.05) is 6.92 Å². The molecule has 116 valence electrons. The Labute approximate surface area is 121 Å². The van der Waals surface area contributed by atoms with Gasteiger partial charge in [-0.1, -0.05) is 33.1 Å². The standard InChI is InChI=1S/C15H28N2O3/c1-3-6-12-8-5-10-17(11-9-12)15(20)16-13(7-4-2)14(18)19/h12-13H,3-11H2,1-2H3,(H,16,20)(H,18,19)/t12?,13-/m1/s1. The number of urea groups is 1. The molecule has 1 saturated heterocycles. The van der Waals surface area contributed by atoms with Crippen molar-refractivity contribution in [3.05, 3.63) is 0 Å². The van der Waals surface area contributed by atoms with Crippen LogP contribution in [0, 0.1) is 5.92 Å². The summed E-state index contributed by atoms with van der Waals surface area (Å²) in [6, 6.07) is -0.981. The van der Waals surface area contributed by atoms with Gasteiger partial charge in [0.05, 0.1) is 0 Å². The van der Waals surface area contributed by atoms with Crippen molar-refractivity contribution in [2.45, 2.75) is 64.8 Å². The van der Waals surface area contributed by atoms with E-state index in [4.69, 9.17) is 5.11 Å². The first-order valence-electron chi connectivity index (χ1n) is 7.86. The van der Waals surface area contributed by atoms with E-state index in [0.717, 1.165) is 32.4 Å². The quantitative estimate of drug-likeness (QED) is 0.788. The Morgan fingerprint density at radius 2 is 2.00 bits per heavy atom. The van der Waals surface area contributed by atoms with E-state index in [-0.39, 0.29) is 6.03 Å². The Balaban J connectivity index is 2.48. The second kappa shape index (κ2) is 8.82. The van der Waals surface area contributed by atoms with Crippen LogP contribution in [0.25, 0.3) is 0 Å². The van der Waals surface area contributed by atoms with E-state index in [0.29, 0.717) is 12.3 Å². The number of amides is 2. The maximum atomic E-state index is 12.2. The fraction of sp³-hybridized carbons (Fsp3) is 0.867. The average molecular weight is 284 g/mol. The summed E-state index contributed by atoms with van der Waals surface area (Å²) in [4.78, 5) is 25.0. The number of carbonyl (C=O) groups excluding carboxylic acids is 1. The molecule has 0 saturated carbocycles. The molecule has 2 amide bonds. The highest BCUT2D eigenvalue weighted by Gasteiger charge is 2.24. The Morgan fingerprint density at radius 3 is 2.60 bits per heavy atom. The predicted molar refractivity (Wildman–Crippen MR) is 78.7 cm³/mol. The zero-order valence-electron chi connectivity index (χ0n) is 12.7. The van der Waals surface area contributed by atoms with Gasteiger partial charge >= 0.3 is 12.0 Å². The van der Waals surface area contributed by atoms with E-state index in [9.17, 15) is 9.59 Å². The Hall–Kier alpha value is -1.26. The van der Waals surface area contributed by atoms with Crippen LogP contribution in [0.4, 0.5) is 4.79 Å². The molecule has 0 bridgehead atoms. The molecule has 0 aliphatic carbocycles. The number of carboxylic acid groups (broad SMARTS) is 1. The Kier molecular flexibility index (Phi) is 7.41. The lowest BCUT2D eigenvalue weighted by Gasteiger charge is -2.23. The summed E-state index contributed by atoms with van der Waals surface area (Å²) in [6.07, 6.45) is 6.87. The van der Waals surface area contributed by atoms with Crippen LogP contribution in [0.5, 0.6) is 0 Å². The van der Waals surface area contributed by atoms with Crippen molar-refractivity contribution >= 4 is 12.0 Å². The highest BCUT2D eigenvalue weighted by atomic mass is 16.4. The van der Waals surface area contributed by atoms with Crippen LogP contribution in [0.3, 0.4) is 0 Å². The number of rotatable bonds is 6. The number of likely N-dealkylation sites (tertiary alicyclic amines) is 1. The molecule has 1 heterocycles. The summed E-state index contributed by atoms with van der Waals surface area (Å²) in [5.41, 5.74) is 0. The second-order valence-electron chi connectivity index (χ2n) is 5.70. The molecule has 0 spiro atoms. The summed E-state index contributed by atoms with van der Waals surface area (Å²) in [5.74, 6) is -0.234. The van der Waals surface area contributed by atoms with Gasteiger partial charge < -0.3 is 15.3 Å². The average Bonchev–Trinajstić information content (AvgIpc) is 2.64. The Bertz CT molecular complexity index is 320. The first-order valence-corrected chi connectivity index (χ1v) is 7.86. The number of aliphatic carboxylic acids is 1.